The van der Waals surface area contributed by atoms with Crippen LogP contribution in [-0.4, -0.2) is 29.3 Å². The number of hydrogen-bond donors (Lipinski definition) is 1. The van der Waals surface area contributed by atoms with Crippen LogP contribution in [0.2, 0.25) is 0 Å². The summed E-state index contributed by atoms with van der Waals surface area (Å²) >= 11 is 0. The standard InChI is InChI=1S/C23H25N3O3/c1-5-28-23-11-10-20(25-26-23)18-6-8-19(9-7-18)24-22(27)14-29-21-13-15(2)12-16(3)17(21)4/h6-13H,5,14H2,1-4H3,(H,24,27). The van der Waals surface area contributed by atoms with Crippen LogP contribution < -0.4 is 14.8 Å². The summed E-state index contributed by atoms with van der Waals surface area (Å²) in [4.78, 5) is 12.2. The summed E-state index contributed by atoms with van der Waals surface area (Å²) in [5, 5.41) is 11.0. The molecule has 0 saturated carbocycles. The van der Waals surface area contributed by atoms with Crippen molar-refractivity contribution in [1.29, 1.82) is 0 Å². The molecule has 6 heteroatoms. The first-order chi connectivity index (χ1) is 14.0. The van der Waals surface area contributed by atoms with Crippen molar-refractivity contribution < 1.29 is 14.3 Å². The maximum absolute atomic E-state index is 12.2. The van der Waals surface area contributed by atoms with Crippen molar-refractivity contribution >= 4 is 11.6 Å². The zero-order chi connectivity index (χ0) is 20.8. The Morgan fingerprint density at radius 2 is 1.72 bits per heavy atom. The van der Waals surface area contributed by atoms with Gasteiger partial charge in [0.1, 0.15) is 5.75 Å². The van der Waals surface area contributed by atoms with Crippen LogP contribution in [-0.2, 0) is 4.79 Å². The highest BCUT2D eigenvalue weighted by Crippen LogP contribution is 2.23. The third kappa shape index (κ3) is 5.31. The predicted molar refractivity (Wildman–Crippen MR) is 113 cm³/mol. The van der Waals surface area contributed by atoms with Crippen molar-refractivity contribution in [3.8, 4) is 22.9 Å². The summed E-state index contributed by atoms with van der Waals surface area (Å²) in [6, 6.07) is 15.1. The van der Waals surface area contributed by atoms with Gasteiger partial charge in [-0.1, -0.05) is 18.2 Å². The van der Waals surface area contributed by atoms with E-state index in [-0.39, 0.29) is 12.5 Å². The van der Waals surface area contributed by atoms with Crippen molar-refractivity contribution in [3.05, 3.63) is 65.2 Å². The number of nitrogens with one attached hydrogen (secondary N) is 1. The van der Waals surface area contributed by atoms with Gasteiger partial charge in [-0.2, -0.15) is 0 Å². The summed E-state index contributed by atoms with van der Waals surface area (Å²) in [7, 11) is 0. The van der Waals surface area contributed by atoms with E-state index in [1.165, 1.54) is 0 Å². The summed E-state index contributed by atoms with van der Waals surface area (Å²) in [5.41, 5.74) is 5.63. The van der Waals surface area contributed by atoms with E-state index in [9.17, 15) is 4.79 Å². The molecule has 2 aromatic carbocycles. The molecule has 0 aliphatic carbocycles. The van der Waals surface area contributed by atoms with Gasteiger partial charge in [-0.05, 0) is 68.7 Å². The van der Waals surface area contributed by atoms with Crippen LogP contribution in [0.25, 0.3) is 11.3 Å². The van der Waals surface area contributed by atoms with Crippen LogP contribution in [0.5, 0.6) is 11.6 Å². The molecule has 0 bridgehead atoms. The van der Waals surface area contributed by atoms with Gasteiger partial charge in [0.05, 0.1) is 12.3 Å². The van der Waals surface area contributed by atoms with Gasteiger partial charge in [0, 0.05) is 17.3 Å². The maximum atomic E-state index is 12.2. The number of hydrogen-bond acceptors (Lipinski definition) is 5. The quantitative estimate of drug-likeness (QED) is 0.643. The molecule has 0 aliphatic rings. The first-order valence-electron chi connectivity index (χ1n) is 9.53. The van der Waals surface area contributed by atoms with E-state index in [1.807, 2.05) is 64.1 Å². The van der Waals surface area contributed by atoms with E-state index < -0.39 is 0 Å². The van der Waals surface area contributed by atoms with Crippen molar-refractivity contribution in [2.75, 3.05) is 18.5 Å². The molecule has 0 spiro atoms. The molecule has 1 aromatic heterocycles. The Hall–Kier alpha value is -3.41. The SMILES string of the molecule is CCOc1ccc(-c2ccc(NC(=O)COc3cc(C)cc(C)c3C)cc2)nn1. The van der Waals surface area contributed by atoms with E-state index in [1.54, 1.807) is 6.07 Å². The summed E-state index contributed by atoms with van der Waals surface area (Å²) < 4.78 is 11.0. The molecule has 0 unspecified atom stereocenters. The number of carbonyl (C=O) groups is 1. The van der Waals surface area contributed by atoms with Gasteiger partial charge in [0.15, 0.2) is 6.61 Å². The van der Waals surface area contributed by atoms with Gasteiger partial charge < -0.3 is 14.8 Å². The number of carbonyl (C=O) groups excluding carboxylic acids is 1. The number of ether oxygens (including phenoxy) is 2. The highest BCUT2D eigenvalue weighted by molar-refractivity contribution is 5.92. The Labute approximate surface area is 170 Å². The first-order valence-corrected chi connectivity index (χ1v) is 9.53. The van der Waals surface area contributed by atoms with E-state index in [4.69, 9.17) is 9.47 Å². The average molecular weight is 391 g/mol. The molecule has 29 heavy (non-hydrogen) atoms. The molecule has 0 atom stereocenters. The van der Waals surface area contributed by atoms with Crippen molar-refractivity contribution in [2.45, 2.75) is 27.7 Å². The van der Waals surface area contributed by atoms with Gasteiger partial charge in [-0.3, -0.25) is 4.79 Å². The Bertz CT molecular complexity index is 983. The van der Waals surface area contributed by atoms with Gasteiger partial charge in [-0.15, -0.1) is 10.2 Å². The number of aromatic nitrogens is 2. The minimum absolute atomic E-state index is 0.0458. The van der Waals surface area contributed by atoms with E-state index in [0.29, 0.717) is 18.2 Å². The molecule has 1 N–H and O–H groups in total. The maximum Gasteiger partial charge on any atom is 0.262 e. The average Bonchev–Trinajstić information content (AvgIpc) is 2.71. The van der Waals surface area contributed by atoms with Crippen LogP contribution in [0.3, 0.4) is 0 Å². The fourth-order valence-corrected chi connectivity index (χ4v) is 2.91. The molecule has 3 rings (SSSR count). The number of anilines is 1. The predicted octanol–water partition coefficient (Wildman–Crippen LogP) is 4.49. The van der Waals surface area contributed by atoms with Crippen LogP contribution in [0, 0.1) is 20.8 Å². The second kappa shape index (κ2) is 9.19. The Balaban J connectivity index is 1.58. The fourth-order valence-electron chi connectivity index (χ4n) is 2.91. The number of benzene rings is 2. The monoisotopic (exact) mass is 391 g/mol. The number of rotatable bonds is 7. The zero-order valence-electron chi connectivity index (χ0n) is 17.2. The normalized spacial score (nSPS) is 10.5. The summed E-state index contributed by atoms with van der Waals surface area (Å²) in [6.45, 7) is 8.44. The molecule has 0 saturated heterocycles. The van der Waals surface area contributed by atoms with Gasteiger partial charge >= 0.3 is 0 Å². The lowest BCUT2D eigenvalue weighted by atomic mass is 10.1. The van der Waals surface area contributed by atoms with Crippen molar-refractivity contribution in [3.63, 3.8) is 0 Å². The Morgan fingerprint density at radius 1 is 0.966 bits per heavy atom. The lowest BCUT2D eigenvalue weighted by molar-refractivity contribution is -0.118. The zero-order valence-corrected chi connectivity index (χ0v) is 17.2. The third-order valence-electron chi connectivity index (χ3n) is 4.52. The second-order valence-corrected chi connectivity index (χ2v) is 6.81. The van der Waals surface area contributed by atoms with Crippen LogP contribution in [0.15, 0.2) is 48.5 Å². The Morgan fingerprint density at radius 3 is 2.38 bits per heavy atom. The lowest BCUT2D eigenvalue weighted by Crippen LogP contribution is -2.20. The molecule has 1 amide bonds. The summed E-state index contributed by atoms with van der Waals surface area (Å²) in [5.74, 6) is 1.03. The summed E-state index contributed by atoms with van der Waals surface area (Å²) in [6.07, 6.45) is 0. The second-order valence-electron chi connectivity index (χ2n) is 6.81. The van der Waals surface area contributed by atoms with Crippen LogP contribution >= 0.6 is 0 Å². The molecule has 1 heterocycles. The lowest BCUT2D eigenvalue weighted by Gasteiger charge is -2.12. The van der Waals surface area contributed by atoms with Crippen LogP contribution in [0.1, 0.15) is 23.6 Å². The number of amides is 1. The van der Waals surface area contributed by atoms with E-state index >= 15 is 0 Å². The first kappa shape index (κ1) is 20.3. The Kier molecular flexibility index (Phi) is 6.44. The molecule has 0 aliphatic heterocycles. The largest absolute Gasteiger partial charge is 0.483 e. The molecule has 3 aromatic rings. The minimum Gasteiger partial charge on any atom is -0.483 e. The third-order valence-corrected chi connectivity index (χ3v) is 4.52. The fraction of sp³-hybridized carbons (Fsp3) is 0.261. The minimum atomic E-state index is -0.211. The molecular weight excluding hydrogens is 366 g/mol. The van der Waals surface area contributed by atoms with Gasteiger partial charge in [0.2, 0.25) is 5.88 Å². The molecular formula is C23H25N3O3. The van der Waals surface area contributed by atoms with Crippen molar-refractivity contribution in [1.82, 2.24) is 10.2 Å². The number of nitrogens with zero attached hydrogens (tertiary/aromatic N) is 2. The highest BCUT2D eigenvalue weighted by atomic mass is 16.5. The van der Waals surface area contributed by atoms with E-state index in [0.717, 1.165) is 33.7 Å². The molecule has 150 valence electrons. The van der Waals surface area contributed by atoms with Gasteiger partial charge in [-0.25, -0.2) is 0 Å². The van der Waals surface area contributed by atoms with Crippen molar-refractivity contribution in [2.24, 2.45) is 0 Å². The molecule has 6 nitrogen and oxygen atoms in total. The highest BCUT2D eigenvalue weighted by Gasteiger charge is 2.08. The molecule has 0 fully saturated rings. The molecule has 0 radical (unpaired) electrons. The number of aryl methyl sites for hydroxylation is 2. The van der Waals surface area contributed by atoms with Gasteiger partial charge in [0.25, 0.3) is 5.91 Å². The smallest absolute Gasteiger partial charge is 0.262 e. The van der Waals surface area contributed by atoms with Crippen LogP contribution in [0.4, 0.5) is 5.69 Å². The van der Waals surface area contributed by atoms with E-state index in [2.05, 4.69) is 21.6 Å². The topological polar surface area (TPSA) is 73.3 Å².